The van der Waals surface area contributed by atoms with E-state index in [2.05, 4.69) is 5.32 Å². The first-order chi connectivity index (χ1) is 13.5. The lowest BCUT2D eigenvalue weighted by Gasteiger charge is -2.15. The van der Waals surface area contributed by atoms with Crippen molar-refractivity contribution in [3.63, 3.8) is 0 Å². The Morgan fingerprint density at radius 1 is 1.04 bits per heavy atom. The molecular weight excluding hydrogens is 362 g/mol. The minimum Gasteiger partial charge on any atom is -0.456 e. The molecule has 0 saturated carbocycles. The molecule has 0 unspecified atom stereocenters. The molecule has 1 aliphatic rings. The molecule has 1 aliphatic heterocycles. The summed E-state index contributed by atoms with van der Waals surface area (Å²) in [6.45, 7) is 1.60. The Balaban J connectivity index is 1.40. The van der Waals surface area contributed by atoms with Gasteiger partial charge in [-0.05, 0) is 24.6 Å². The summed E-state index contributed by atoms with van der Waals surface area (Å²) in [5.74, 6) is 0.149. The van der Waals surface area contributed by atoms with Crippen LogP contribution in [0.5, 0.6) is 11.5 Å². The number of ether oxygens (including phenoxy) is 3. The largest absolute Gasteiger partial charge is 0.456 e. The highest BCUT2D eigenvalue weighted by atomic mass is 16.7. The van der Waals surface area contributed by atoms with Crippen molar-refractivity contribution in [2.24, 2.45) is 0 Å². The van der Waals surface area contributed by atoms with Crippen molar-refractivity contribution in [1.82, 2.24) is 5.32 Å². The molecule has 2 aromatic carbocycles. The van der Waals surface area contributed by atoms with E-state index >= 15 is 0 Å². The average molecular weight is 383 g/mol. The monoisotopic (exact) mass is 383 g/mol. The lowest BCUT2D eigenvalue weighted by atomic mass is 10.1. The molecule has 1 atom stereocenters. The van der Waals surface area contributed by atoms with E-state index in [1.54, 1.807) is 36.4 Å². The number of esters is 1. The molecule has 0 saturated heterocycles. The number of carbonyl (C=O) groups is 3. The van der Waals surface area contributed by atoms with E-state index in [0.717, 1.165) is 5.56 Å². The number of benzene rings is 2. The summed E-state index contributed by atoms with van der Waals surface area (Å²) in [5, 5.41) is 2.75. The Kier molecular flexibility index (Phi) is 6.26. The Labute approximate surface area is 162 Å². The second-order valence-corrected chi connectivity index (χ2v) is 6.35. The molecule has 7 heteroatoms. The topological polar surface area (TPSA) is 90.9 Å². The van der Waals surface area contributed by atoms with Crippen LogP contribution in [-0.2, 0) is 14.3 Å². The Morgan fingerprint density at radius 3 is 2.57 bits per heavy atom. The lowest BCUT2D eigenvalue weighted by Crippen LogP contribution is -2.31. The first kappa shape index (κ1) is 19.4. The summed E-state index contributed by atoms with van der Waals surface area (Å²) in [6.07, 6.45) is -0.0310. The molecule has 1 amide bonds. The molecular formula is C21H21NO6. The number of Topliss-reactive ketones (excluding diaryl/α,β-unsaturated/α-hetero) is 1. The van der Waals surface area contributed by atoms with Crippen LogP contribution < -0.4 is 14.8 Å². The van der Waals surface area contributed by atoms with Crippen LogP contribution in [0.15, 0.2) is 48.5 Å². The fourth-order valence-corrected chi connectivity index (χ4v) is 2.75. The first-order valence-electron chi connectivity index (χ1n) is 8.95. The number of amides is 1. The van der Waals surface area contributed by atoms with Crippen molar-refractivity contribution in [2.45, 2.75) is 25.8 Å². The second kappa shape index (κ2) is 9.03. The van der Waals surface area contributed by atoms with Crippen LogP contribution >= 0.6 is 0 Å². The first-order valence-corrected chi connectivity index (χ1v) is 8.95. The van der Waals surface area contributed by atoms with Gasteiger partial charge in [0.15, 0.2) is 23.9 Å². The van der Waals surface area contributed by atoms with Crippen molar-refractivity contribution in [3.05, 3.63) is 59.7 Å². The van der Waals surface area contributed by atoms with Gasteiger partial charge in [0.2, 0.25) is 6.79 Å². The standard InChI is InChI=1S/C21H21NO6/c1-14(16-7-9-18-19(11-16)28-13-27-18)22-20(24)12-26-21(25)10-8-17(23)15-5-3-2-4-6-15/h2-7,9,11,14H,8,10,12-13H2,1H3,(H,22,24)/t14-/m0/s1. The maximum Gasteiger partial charge on any atom is 0.306 e. The van der Waals surface area contributed by atoms with Crippen molar-refractivity contribution >= 4 is 17.7 Å². The van der Waals surface area contributed by atoms with E-state index in [-0.39, 0.29) is 31.5 Å². The normalized spacial score (nSPS) is 12.9. The van der Waals surface area contributed by atoms with E-state index in [9.17, 15) is 14.4 Å². The van der Waals surface area contributed by atoms with Crippen molar-refractivity contribution in [2.75, 3.05) is 13.4 Å². The van der Waals surface area contributed by atoms with E-state index in [4.69, 9.17) is 14.2 Å². The molecule has 0 radical (unpaired) electrons. The SMILES string of the molecule is C[C@H](NC(=O)COC(=O)CCC(=O)c1ccccc1)c1ccc2c(c1)OCO2. The number of rotatable bonds is 8. The zero-order valence-electron chi connectivity index (χ0n) is 15.5. The van der Waals surface area contributed by atoms with Gasteiger partial charge in [-0.15, -0.1) is 0 Å². The number of carbonyl (C=O) groups excluding carboxylic acids is 3. The zero-order valence-corrected chi connectivity index (χ0v) is 15.5. The third kappa shape index (κ3) is 5.09. The predicted molar refractivity (Wildman–Crippen MR) is 100 cm³/mol. The highest BCUT2D eigenvalue weighted by molar-refractivity contribution is 5.97. The maximum atomic E-state index is 12.0. The van der Waals surface area contributed by atoms with Gasteiger partial charge in [-0.25, -0.2) is 0 Å². The van der Waals surface area contributed by atoms with Crippen LogP contribution in [0.4, 0.5) is 0 Å². The number of ketones is 1. The van der Waals surface area contributed by atoms with Gasteiger partial charge >= 0.3 is 5.97 Å². The van der Waals surface area contributed by atoms with Gasteiger partial charge in [0, 0.05) is 12.0 Å². The predicted octanol–water partition coefficient (Wildman–Crippen LogP) is 2.80. The molecule has 0 aromatic heterocycles. The van der Waals surface area contributed by atoms with Crippen molar-refractivity contribution in [3.8, 4) is 11.5 Å². The molecule has 1 heterocycles. The molecule has 0 aliphatic carbocycles. The van der Waals surface area contributed by atoms with E-state index in [1.807, 2.05) is 19.1 Å². The van der Waals surface area contributed by atoms with Gasteiger partial charge in [0.25, 0.3) is 5.91 Å². The molecule has 0 spiro atoms. The average Bonchev–Trinajstić information content (AvgIpc) is 3.19. The summed E-state index contributed by atoms with van der Waals surface area (Å²) >= 11 is 0. The van der Waals surface area contributed by atoms with Gasteiger partial charge in [0.05, 0.1) is 12.5 Å². The molecule has 2 aromatic rings. The van der Waals surface area contributed by atoms with Gasteiger partial charge in [-0.2, -0.15) is 0 Å². The molecule has 0 fully saturated rings. The summed E-state index contributed by atoms with van der Waals surface area (Å²) in [7, 11) is 0. The Bertz CT molecular complexity index is 864. The smallest absolute Gasteiger partial charge is 0.306 e. The fraction of sp³-hybridized carbons (Fsp3) is 0.286. The van der Waals surface area contributed by atoms with Crippen LogP contribution in [0, 0.1) is 0 Å². The van der Waals surface area contributed by atoms with E-state index in [1.165, 1.54) is 0 Å². The molecule has 28 heavy (non-hydrogen) atoms. The van der Waals surface area contributed by atoms with Crippen LogP contribution in [0.3, 0.4) is 0 Å². The van der Waals surface area contributed by atoms with Gasteiger partial charge in [-0.3, -0.25) is 14.4 Å². The Hall–Kier alpha value is -3.35. The Morgan fingerprint density at radius 2 is 1.79 bits per heavy atom. The van der Waals surface area contributed by atoms with E-state index in [0.29, 0.717) is 17.1 Å². The second-order valence-electron chi connectivity index (χ2n) is 6.35. The van der Waals surface area contributed by atoms with Gasteiger partial charge in [0.1, 0.15) is 0 Å². The van der Waals surface area contributed by atoms with Crippen molar-refractivity contribution in [1.29, 1.82) is 0 Å². The zero-order chi connectivity index (χ0) is 19.9. The van der Waals surface area contributed by atoms with Crippen LogP contribution in [0.2, 0.25) is 0 Å². The van der Waals surface area contributed by atoms with Gasteiger partial charge < -0.3 is 19.5 Å². The maximum absolute atomic E-state index is 12.0. The fourth-order valence-electron chi connectivity index (χ4n) is 2.75. The summed E-state index contributed by atoms with van der Waals surface area (Å²) in [4.78, 5) is 35.8. The number of nitrogens with one attached hydrogen (secondary N) is 1. The van der Waals surface area contributed by atoms with Crippen molar-refractivity contribution < 1.29 is 28.6 Å². The molecule has 1 N–H and O–H groups in total. The highest BCUT2D eigenvalue weighted by Crippen LogP contribution is 2.34. The third-order valence-corrected chi connectivity index (χ3v) is 4.29. The van der Waals surface area contributed by atoms with Crippen LogP contribution in [0.1, 0.15) is 41.7 Å². The summed E-state index contributed by atoms with van der Waals surface area (Å²) in [5.41, 5.74) is 1.39. The summed E-state index contributed by atoms with van der Waals surface area (Å²) < 4.78 is 15.5. The molecule has 0 bridgehead atoms. The lowest BCUT2D eigenvalue weighted by molar-refractivity contribution is -0.148. The van der Waals surface area contributed by atoms with E-state index < -0.39 is 18.5 Å². The van der Waals surface area contributed by atoms with Crippen LogP contribution in [0.25, 0.3) is 0 Å². The van der Waals surface area contributed by atoms with Crippen LogP contribution in [-0.4, -0.2) is 31.1 Å². The minimum absolute atomic E-state index is 0.0397. The number of fused-ring (bicyclic) bond motifs is 1. The highest BCUT2D eigenvalue weighted by Gasteiger charge is 2.17. The minimum atomic E-state index is -0.588. The number of hydrogen-bond acceptors (Lipinski definition) is 6. The molecule has 3 rings (SSSR count). The summed E-state index contributed by atoms with van der Waals surface area (Å²) in [6, 6.07) is 13.8. The molecule has 146 valence electrons. The quantitative estimate of drug-likeness (QED) is 0.557. The third-order valence-electron chi connectivity index (χ3n) is 4.29. The van der Waals surface area contributed by atoms with Gasteiger partial charge in [-0.1, -0.05) is 36.4 Å². The molecule has 7 nitrogen and oxygen atoms in total. The number of hydrogen-bond donors (Lipinski definition) is 1.